The van der Waals surface area contributed by atoms with Gasteiger partial charge >= 0.3 is 0 Å². The lowest BCUT2D eigenvalue weighted by Crippen LogP contribution is -2.40. The minimum atomic E-state index is -3.26. The van der Waals surface area contributed by atoms with Gasteiger partial charge in [-0.25, -0.2) is 8.42 Å². The second-order valence-electron chi connectivity index (χ2n) is 4.12. The first-order chi connectivity index (χ1) is 6.74. The number of amides is 1. The minimum absolute atomic E-state index is 0.152. The van der Waals surface area contributed by atoms with E-state index in [2.05, 4.69) is 5.32 Å². The Kier molecular flexibility index (Phi) is 6.20. The number of carbonyl (C=O) groups is 1. The van der Waals surface area contributed by atoms with E-state index in [1.165, 1.54) is 0 Å². The van der Waals surface area contributed by atoms with E-state index in [0.29, 0.717) is 11.8 Å². The molecule has 0 fully saturated rings. The molecule has 4 nitrogen and oxygen atoms in total. The molecule has 1 amide bonds. The van der Waals surface area contributed by atoms with Gasteiger partial charge in [0.1, 0.15) is 5.75 Å². The molecule has 0 aliphatic carbocycles. The van der Waals surface area contributed by atoms with Crippen LogP contribution in [0.15, 0.2) is 0 Å². The van der Waals surface area contributed by atoms with Crippen LogP contribution in [0.5, 0.6) is 0 Å². The molecule has 0 aliphatic heterocycles. The molecule has 0 bridgehead atoms. The zero-order valence-corrected chi connectivity index (χ0v) is 10.9. The van der Waals surface area contributed by atoms with Crippen molar-refractivity contribution in [3.63, 3.8) is 0 Å². The molecule has 0 heterocycles. The van der Waals surface area contributed by atoms with Crippen molar-refractivity contribution in [3.8, 4) is 0 Å². The zero-order valence-electron chi connectivity index (χ0n) is 9.29. The Morgan fingerprint density at radius 1 is 1.40 bits per heavy atom. The lowest BCUT2D eigenvalue weighted by molar-refractivity contribution is -0.119. The van der Waals surface area contributed by atoms with E-state index in [0.717, 1.165) is 12.7 Å². The summed E-state index contributed by atoms with van der Waals surface area (Å²) < 4.78 is 21.7. The molecule has 1 N–H and O–H groups in total. The van der Waals surface area contributed by atoms with E-state index in [9.17, 15) is 13.2 Å². The van der Waals surface area contributed by atoms with Gasteiger partial charge in [0, 0.05) is 18.2 Å². The molecule has 1 unspecified atom stereocenters. The fourth-order valence-corrected chi connectivity index (χ4v) is 2.00. The Labute approximate surface area is 96.3 Å². The molecule has 0 spiro atoms. The fraction of sp³-hybridized carbons (Fsp3) is 0.889. The number of alkyl halides is 1. The third-order valence-corrected chi connectivity index (χ3v) is 2.86. The highest BCUT2D eigenvalue weighted by molar-refractivity contribution is 7.91. The summed E-state index contributed by atoms with van der Waals surface area (Å²) >= 11 is 5.66. The molecule has 0 saturated heterocycles. The van der Waals surface area contributed by atoms with Crippen molar-refractivity contribution in [2.75, 3.05) is 17.9 Å². The summed E-state index contributed by atoms with van der Waals surface area (Å²) in [6, 6.07) is -0.152. The molecular formula is C9H18ClNO3S. The topological polar surface area (TPSA) is 63.2 Å². The first kappa shape index (κ1) is 14.7. The van der Waals surface area contributed by atoms with E-state index in [-0.39, 0.29) is 6.04 Å². The van der Waals surface area contributed by atoms with Crippen LogP contribution in [-0.2, 0) is 14.6 Å². The lowest BCUT2D eigenvalue weighted by Gasteiger charge is -2.17. The second-order valence-corrected chi connectivity index (χ2v) is 6.57. The Hall–Kier alpha value is -0.290. The van der Waals surface area contributed by atoms with Gasteiger partial charge in [0.25, 0.3) is 0 Å². The SMILES string of the molecule is CC(C)CC(CCl)NC(=O)CS(C)(=O)=O. The average Bonchev–Trinajstić information content (AvgIpc) is 1.98. The molecule has 0 aliphatic rings. The van der Waals surface area contributed by atoms with Crippen LogP contribution in [0.3, 0.4) is 0 Å². The van der Waals surface area contributed by atoms with Gasteiger partial charge < -0.3 is 5.32 Å². The van der Waals surface area contributed by atoms with E-state index in [1.54, 1.807) is 0 Å². The van der Waals surface area contributed by atoms with E-state index in [4.69, 9.17) is 11.6 Å². The maximum absolute atomic E-state index is 11.3. The maximum Gasteiger partial charge on any atom is 0.235 e. The summed E-state index contributed by atoms with van der Waals surface area (Å²) in [6.07, 6.45) is 1.78. The Morgan fingerprint density at radius 3 is 2.27 bits per heavy atom. The number of rotatable bonds is 6. The standard InChI is InChI=1S/C9H18ClNO3S/c1-7(2)4-8(5-10)11-9(12)6-15(3,13)14/h7-8H,4-6H2,1-3H3,(H,11,12). The smallest absolute Gasteiger partial charge is 0.235 e. The Bertz CT molecular complexity index is 300. The lowest BCUT2D eigenvalue weighted by atomic mass is 10.1. The minimum Gasteiger partial charge on any atom is -0.351 e. The van der Waals surface area contributed by atoms with Crippen LogP contribution >= 0.6 is 11.6 Å². The molecule has 0 saturated carbocycles. The third kappa shape index (κ3) is 8.69. The highest BCUT2D eigenvalue weighted by atomic mass is 35.5. The predicted octanol–water partition coefficient (Wildman–Crippen LogP) is 0.801. The second kappa shape index (κ2) is 6.33. The number of nitrogens with one attached hydrogen (secondary N) is 1. The summed E-state index contributed by atoms with van der Waals surface area (Å²) in [7, 11) is -3.26. The molecule has 6 heteroatoms. The summed E-state index contributed by atoms with van der Waals surface area (Å²) in [5, 5.41) is 2.60. The number of sulfone groups is 1. The van der Waals surface area contributed by atoms with E-state index >= 15 is 0 Å². The fourth-order valence-electron chi connectivity index (χ4n) is 1.24. The number of halogens is 1. The van der Waals surface area contributed by atoms with Gasteiger partial charge in [-0.3, -0.25) is 4.79 Å². The van der Waals surface area contributed by atoms with Crippen LogP contribution in [0.25, 0.3) is 0 Å². The highest BCUT2D eigenvalue weighted by Crippen LogP contribution is 2.06. The molecule has 15 heavy (non-hydrogen) atoms. The molecule has 90 valence electrons. The quantitative estimate of drug-likeness (QED) is 0.714. The van der Waals surface area contributed by atoms with Crippen LogP contribution in [0.1, 0.15) is 20.3 Å². The molecular weight excluding hydrogens is 238 g/mol. The largest absolute Gasteiger partial charge is 0.351 e. The summed E-state index contributed by atoms with van der Waals surface area (Å²) in [5.41, 5.74) is 0. The maximum atomic E-state index is 11.3. The van der Waals surface area contributed by atoms with Gasteiger partial charge in [0.2, 0.25) is 5.91 Å². The van der Waals surface area contributed by atoms with Gasteiger partial charge in [-0.2, -0.15) is 0 Å². The van der Waals surface area contributed by atoms with Crippen LogP contribution in [0.2, 0.25) is 0 Å². The Morgan fingerprint density at radius 2 is 1.93 bits per heavy atom. The molecule has 0 aromatic heterocycles. The molecule has 0 aromatic rings. The first-order valence-electron chi connectivity index (χ1n) is 4.77. The molecule has 0 aromatic carbocycles. The monoisotopic (exact) mass is 255 g/mol. The van der Waals surface area contributed by atoms with Gasteiger partial charge in [-0.15, -0.1) is 11.6 Å². The van der Waals surface area contributed by atoms with Crippen LogP contribution < -0.4 is 5.32 Å². The van der Waals surface area contributed by atoms with Gasteiger partial charge in [-0.05, 0) is 12.3 Å². The third-order valence-electron chi connectivity index (χ3n) is 1.70. The van der Waals surface area contributed by atoms with Crippen molar-refractivity contribution in [1.82, 2.24) is 5.32 Å². The molecule has 0 rings (SSSR count). The van der Waals surface area contributed by atoms with Gasteiger partial charge in [0.15, 0.2) is 9.84 Å². The summed E-state index contributed by atoms with van der Waals surface area (Å²) in [6.45, 7) is 4.03. The predicted molar refractivity (Wildman–Crippen MR) is 61.8 cm³/mol. The van der Waals surface area contributed by atoms with Crippen molar-refractivity contribution in [2.24, 2.45) is 5.92 Å². The molecule has 0 radical (unpaired) electrons. The van der Waals surface area contributed by atoms with Crippen LogP contribution in [0.4, 0.5) is 0 Å². The van der Waals surface area contributed by atoms with E-state index in [1.807, 2.05) is 13.8 Å². The number of hydrogen-bond donors (Lipinski definition) is 1. The Balaban J connectivity index is 4.13. The van der Waals surface area contributed by atoms with Crippen molar-refractivity contribution < 1.29 is 13.2 Å². The van der Waals surface area contributed by atoms with E-state index < -0.39 is 21.5 Å². The van der Waals surface area contributed by atoms with Crippen molar-refractivity contribution in [1.29, 1.82) is 0 Å². The van der Waals surface area contributed by atoms with Gasteiger partial charge in [-0.1, -0.05) is 13.8 Å². The summed E-state index contributed by atoms with van der Waals surface area (Å²) in [4.78, 5) is 11.3. The number of carbonyl (C=O) groups excluding carboxylic acids is 1. The zero-order chi connectivity index (χ0) is 12.1. The highest BCUT2D eigenvalue weighted by Gasteiger charge is 2.16. The normalized spacial score (nSPS) is 13.9. The first-order valence-corrected chi connectivity index (χ1v) is 7.37. The summed E-state index contributed by atoms with van der Waals surface area (Å²) in [5.74, 6) is -0.248. The van der Waals surface area contributed by atoms with Crippen molar-refractivity contribution in [3.05, 3.63) is 0 Å². The van der Waals surface area contributed by atoms with Crippen LogP contribution in [-0.4, -0.2) is 38.3 Å². The van der Waals surface area contributed by atoms with Crippen LogP contribution in [0, 0.1) is 5.92 Å². The average molecular weight is 256 g/mol. The van der Waals surface area contributed by atoms with Crippen molar-refractivity contribution in [2.45, 2.75) is 26.3 Å². The molecule has 1 atom stereocenters. The van der Waals surface area contributed by atoms with Crippen molar-refractivity contribution >= 4 is 27.3 Å². The number of hydrogen-bond acceptors (Lipinski definition) is 3. The van der Waals surface area contributed by atoms with Gasteiger partial charge in [0.05, 0.1) is 0 Å².